The Labute approximate surface area is 205 Å². The number of benzene rings is 3. The van der Waals surface area contributed by atoms with E-state index in [1.165, 1.54) is 11.1 Å². The van der Waals surface area contributed by atoms with Crippen molar-refractivity contribution in [2.45, 2.75) is 42.5 Å². The third-order valence-electron chi connectivity index (χ3n) is 6.15. The molecule has 174 valence electrons. The Morgan fingerprint density at radius 1 is 0.970 bits per heavy atom. The maximum Gasteiger partial charge on any atom is 0.178 e. The zero-order valence-electron chi connectivity index (χ0n) is 18.2. The highest BCUT2D eigenvalue weighted by atomic mass is 35.5. The number of hydrogen-bond acceptors (Lipinski definition) is 4. The molecule has 1 aliphatic rings. The number of halogens is 2. The Hall–Kier alpha value is -2.05. The van der Waals surface area contributed by atoms with Gasteiger partial charge in [0.25, 0.3) is 0 Å². The van der Waals surface area contributed by atoms with Gasteiger partial charge in [-0.3, -0.25) is 0 Å². The van der Waals surface area contributed by atoms with Crippen LogP contribution in [0.3, 0.4) is 0 Å². The highest BCUT2D eigenvalue weighted by molar-refractivity contribution is 7.91. The molecule has 4 rings (SSSR count). The van der Waals surface area contributed by atoms with Crippen molar-refractivity contribution in [2.75, 3.05) is 12.4 Å². The van der Waals surface area contributed by atoms with Gasteiger partial charge in [0.15, 0.2) is 9.84 Å². The second-order valence-electron chi connectivity index (χ2n) is 8.46. The highest BCUT2D eigenvalue weighted by Gasteiger charge is 2.28. The minimum absolute atomic E-state index is 0.0400. The summed E-state index contributed by atoms with van der Waals surface area (Å²) in [6.07, 6.45) is 3.05. The molecule has 33 heavy (non-hydrogen) atoms. The van der Waals surface area contributed by atoms with E-state index < -0.39 is 9.84 Å². The van der Waals surface area contributed by atoms with Gasteiger partial charge in [0.1, 0.15) is 5.75 Å². The molecule has 7 heteroatoms. The molecule has 0 bridgehead atoms. The van der Waals surface area contributed by atoms with E-state index in [9.17, 15) is 8.42 Å². The fourth-order valence-corrected chi connectivity index (χ4v) is 5.98. The molecule has 3 aromatic carbocycles. The Kier molecular flexibility index (Phi) is 7.65. The molecule has 2 atom stereocenters. The maximum atomic E-state index is 12.4. The Balaban J connectivity index is 1.42. The largest absolute Gasteiger partial charge is 0.494 e. The quantitative estimate of drug-likeness (QED) is 0.392. The van der Waals surface area contributed by atoms with Crippen LogP contribution >= 0.6 is 23.2 Å². The molecule has 2 unspecified atom stereocenters. The van der Waals surface area contributed by atoms with Crippen LogP contribution in [0.1, 0.15) is 35.4 Å². The molecular weight excluding hydrogens is 477 g/mol. The first kappa shape index (κ1) is 24.1. The van der Waals surface area contributed by atoms with Crippen molar-refractivity contribution < 1.29 is 13.2 Å². The van der Waals surface area contributed by atoms with Gasteiger partial charge in [-0.25, -0.2) is 8.42 Å². The lowest BCUT2D eigenvalue weighted by molar-refractivity contribution is 0.316. The zero-order valence-corrected chi connectivity index (χ0v) is 20.5. The topological polar surface area (TPSA) is 69.4 Å². The molecule has 3 aromatic rings. The van der Waals surface area contributed by atoms with Crippen molar-refractivity contribution in [3.63, 3.8) is 0 Å². The molecule has 0 heterocycles. The summed E-state index contributed by atoms with van der Waals surface area (Å²) in [5.74, 6) is 0.930. The van der Waals surface area contributed by atoms with Crippen LogP contribution in [0.2, 0.25) is 10.0 Å². The molecule has 2 N–H and O–H groups in total. The van der Waals surface area contributed by atoms with E-state index in [0.29, 0.717) is 28.0 Å². The molecule has 1 aliphatic carbocycles. The van der Waals surface area contributed by atoms with Gasteiger partial charge in [-0.05, 0) is 78.8 Å². The van der Waals surface area contributed by atoms with E-state index in [-0.39, 0.29) is 17.7 Å². The lowest BCUT2D eigenvalue weighted by Crippen LogP contribution is -2.34. The molecule has 0 saturated heterocycles. The Morgan fingerprint density at radius 3 is 2.52 bits per heavy atom. The highest BCUT2D eigenvalue weighted by Crippen LogP contribution is 2.36. The first-order chi connectivity index (χ1) is 15.8. The minimum Gasteiger partial charge on any atom is -0.494 e. The van der Waals surface area contributed by atoms with Crippen LogP contribution in [0.4, 0.5) is 0 Å². The third kappa shape index (κ3) is 5.90. The standard InChI is InChI=1S/C26H27Cl2NO3S/c27-24-11-7-18(16-25(24)28)15-23-22-17-20(10-8-19(22)9-12-26(23)29)32-13-4-14-33(30,31)21-5-2-1-3-6-21/h1-3,5-8,10-11,16-17,23,26H,4,9,12-15,29H2. The maximum absolute atomic E-state index is 12.4. The van der Waals surface area contributed by atoms with Crippen molar-refractivity contribution in [3.05, 3.63) is 93.5 Å². The average molecular weight is 504 g/mol. The van der Waals surface area contributed by atoms with Gasteiger partial charge >= 0.3 is 0 Å². The molecule has 0 fully saturated rings. The summed E-state index contributed by atoms with van der Waals surface area (Å²) in [5, 5.41) is 1.08. The van der Waals surface area contributed by atoms with Gasteiger partial charge in [0.2, 0.25) is 0 Å². The van der Waals surface area contributed by atoms with Crippen molar-refractivity contribution in [1.29, 1.82) is 0 Å². The monoisotopic (exact) mass is 503 g/mol. The van der Waals surface area contributed by atoms with Crippen molar-refractivity contribution >= 4 is 33.0 Å². The number of fused-ring (bicyclic) bond motifs is 1. The summed E-state index contributed by atoms with van der Waals surface area (Å²) in [7, 11) is -3.30. The van der Waals surface area contributed by atoms with Gasteiger partial charge in [-0.1, -0.05) is 53.5 Å². The van der Waals surface area contributed by atoms with Gasteiger partial charge < -0.3 is 10.5 Å². The average Bonchev–Trinajstić information content (AvgIpc) is 2.81. The van der Waals surface area contributed by atoms with Gasteiger partial charge in [-0.2, -0.15) is 0 Å². The summed E-state index contributed by atoms with van der Waals surface area (Å²) < 4.78 is 30.8. The first-order valence-electron chi connectivity index (χ1n) is 11.1. The SMILES string of the molecule is NC1CCc2ccc(OCCCS(=O)(=O)c3ccccc3)cc2C1Cc1ccc(Cl)c(Cl)c1. The van der Waals surface area contributed by atoms with Crippen LogP contribution < -0.4 is 10.5 Å². The lowest BCUT2D eigenvalue weighted by atomic mass is 9.76. The molecule has 0 radical (unpaired) electrons. The van der Waals surface area contributed by atoms with Gasteiger partial charge in [-0.15, -0.1) is 0 Å². The van der Waals surface area contributed by atoms with E-state index in [4.69, 9.17) is 33.7 Å². The van der Waals surface area contributed by atoms with E-state index >= 15 is 0 Å². The van der Waals surface area contributed by atoms with Crippen molar-refractivity contribution in [3.8, 4) is 5.75 Å². The first-order valence-corrected chi connectivity index (χ1v) is 13.5. The lowest BCUT2D eigenvalue weighted by Gasteiger charge is -2.32. The summed E-state index contributed by atoms with van der Waals surface area (Å²) in [6.45, 7) is 0.328. The molecular formula is C26H27Cl2NO3S. The fourth-order valence-electron chi connectivity index (χ4n) is 4.36. The summed E-state index contributed by atoms with van der Waals surface area (Å²) in [5.41, 5.74) is 10.1. The van der Waals surface area contributed by atoms with Crippen LogP contribution in [0.25, 0.3) is 0 Å². The number of ether oxygens (including phenoxy) is 1. The smallest absolute Gasteiger partial charge is 0.178 e. The normalized spacial score (nSPS) is 18.0. The van der Waals surface area contributed by atoms with E-state index in [0.717, 1.165) is 30.6 Å². The second-order valence-corrected chi connectivity index (χ2v) is 11.4. The Morgan fingerprint density at radius 2 is 1.76 bits per heavy atom. The molecule has 0 saturated carbocycles. The number of hydrogen-bond donors (Lipinski definition) is 1. The van der Waals surface area contributed by atoms with E-state index in [1.54, 1.807) is 30.3 Å². The summed E-state index contributed by atoms with van der Waals surface area (Å²) >= 11 is 12.3. The van der Waals surface area contributed by atoms with Crippen molar-refractivity contribution in [1.82, 2.24) is 0 Å². The van der Waals surface area contributed by atoms with Gasteiger partial charge in [0.05, 0.1) is 27.3 Å². The van der Waals surface area contributed by atoms with Crippen LogP contribution in [-0.2, 0) is 22.7 Å². The molecule has 4 nitrogen and oxygen atoms in total. The third-order valence-corrected chi connectivity index (χ3v) is 8.70. The predicted molar refractivity (Wildman–Crippen MR) is 134 cm³/mol. The minimum atomic E-state index is -3.30. The molecule has 0 spiro atoms. The molecule has 0 aromatic heterocycles. The number of aryl methyl sites for hydroxylation is 1. The van der Waals surface area contributed by atoms with E-state index in [1.807, 2.05) is 24.3 Å². The zero-order chi connectivity index (χ0) is 23.4. The summed E-state index contributed by atoms with van der Waals surface area (Å²) in [4.78, 5) is 0.345. The van der Waals surface area contributed by atoms with Crippen LogP contribution in [0.5, 0.6) is 5.75 Å². The Bertz CT molecular complexity index is 1220. The second kappa shape index (κ2) is 10.5. The number of rotatable bonds is 8. The van der Waals surface area contributed by atoms with Crippen LogP contribution in [0, 0.1) is 0 Å². The number of nitrogens with two attached hydrogens (primary N) is 1. The molecule has 0 amide bonds. The van der Waals surface area contributed by atoms with Crippen LogP contribution in [0.15, 0.2) is 71.6 Å². The number of sulfone groups is 1. The molecule has 0 aliphatic heterocycles. The van der Waals surface area contributed by atoms with Crippen LogP contribution in [-0.4, -0.2) is 26.8 Å². The predicted octanol–water partition coefficient (Wildman–Crippen LogP) is 5.84. The van der Waals surface area contributed by atoms with Gasteiger partial charge in [0, 0.05) is 12.0 Å². The van der Waals surface area contributed by atoms with Crippen molar-refractivity contribution in [2.24, 2.45) is 5.73 Å². The van der Waals surface area contributed by atoms with E-state index in [2.05, 4.69) is 12.1 Å². The summed E-state index contributed by atoms with van der Waals surface area (Å²) in [6, 6.07) is 20.4. The fraction of sp³-hybridized carbons (Fsp3) is 0.308.